The zero-order valence-corrected chi connectivity index (χ0v) is 12.5. The van der Waals surface area contributed by atoms with Gasteiger partial charge in [0.15, 0.2) is 0 Å². The van der Waals surface area contributed by atoms with Gasteiger partial charge in [-0.3, -0.25) is 0 Å². The Bertz CT molecular complexity index is 574. The second-order valence-corrected chi connectivity index (χ2v) is 5.38. The fourth-order valence-corrected chi connectivity index (χ4v) is 2.53. The topological polar surface area (TPSA) is 15.8 Å². The van der Waals surface area contributed by atoms with E-state index in [2.05, 4.69) is 61.1 Å². The zero-order chi connectivity index (χ0) is 14.2. The van der Waals surface area contributed by atoms with Gasteiger partial charge in [-0.2, -0.15) is 0 Å². The highest BCUT2D eigenvalue weighted by Gasteiger charge is 2.03. The molecule has 1 heteroatoms. The first kappa shape index (κ1) is 14.6. The number of para-hydroxylation sites is 1. The molecule has 0 aliphatic rings. The summed E-state index contributed by atoms with van der Waals surface area (Å²) in [6.45, 7) is 6.39. The van der Waals surface area contributed by atoms with Crippen LogP contribution in [0, 0.1) is 0 Å². The standard InChI is InChI=1S/C19H25N/c1-3-4-5-6-7-10-16(2)13-14-17-15-20-19-12-9-8-11-18(17)19/h4-5,8-9,11-12,15,20H,2-3,6-7,10,13-14H2,1H3/b5-4-. The Morgan fingerprint density at radius 1 is 1.20 bits per heavy atom. The number of fused-ring (bicyclic) bond motifs is 1. The van der Waals surface area contributed by atoms with Crippen LogP contribution in [0.1, 0.15) is 44.6 Å². The maximum atomic E-state index is 4.22. The average molecular weight is 267 g/mol. The van der Waals surface area contributed by atoms with Crippen molar-refractivity contribution < 1.29 is 0 Å². The number of benzene rings is 1. The molecule has 106 valence electrons. The van der Waals surface area contributed by atoms with Crippen LogP contribution in [0.25, 0.3) is 10.9 Å². The summed E-state index contributed by atoms with van der Waals surface area (Å²) in [4.78, 5) is 3.34. The van der Waals surface area contributed by atoms with Gasteiger partial charge in [0.1, 0.15) is 0 Å². The summed E-state index contributed by atoms with van der Waals surface area (Å²) in [7, 11) is 0. The molecule has 1 heterocycles. The number of hydrogen-bond donors (Lipinski definition) is 1. The van der Waals surface area contributed by atoms with E-state index in [4.69, 9.17) is 0 Å². The van der Waals surface area contributed by atoms with Crippen molar-refractivity contribution in [3.05, 3.63) is 60.3 Å². The van der Waals surface area contributed by atoms with Gasteiger partial charge in [-0.05, 0) is 50.2 Å². The van der Waals surface area contributed by atoms with Crippen LogP contribution in [-0.4, -0.2) is 4.98 Å². The normalized spacial score (nSPS) is 11.4. The fraction of sp³-hybridized carbons (Fsp3) is 0.368. The van der Waals surface area contributed by atoms with Gasteiger partial charge in [0, 0.05) is 17.1 Å². The Kier molecular flexibility index (Phi) is 5.67. The Morgan fingerprint density at radius 3 is 2.90 bits per heavy atom. The van der Waals surface area contributed by atoms with Gasteiger partial charge < -0.3 is 4.98 Å². The van der Waals surface area contributed by atoms with Crippen molar-refractivity contribution in [1.82, 2.24) is 4.98 Å². The Labute approximate surface area is 122 Å². The Balaban J connectivity index is 1.77. The van der Waals surface area contributed by atoms with Gasteiger partial charge in [0.2, 0.25) is 0 Å². The lowest BCUT2D eigenvalue weighted by Crippen LogP contribution is -1.88. The molecule has 0 unspecified atom stereocenters. The van der Waals surface area contributed by atoms with Gasteiger partial charge in [-0.1, -0.05) is 49.4 Å². The lowest BCUT2D eigenvalue weighted by atomic mass is 10.0. The first-order valence-corrected chi connectivity index (χ1v) is 7.68. The van der Waals surface area contributed by atoms with E-state index >= 15 is 0 Å². The zero-order valence-electron chi connectivity index (χ0n) is 12.5. The smallest absolute Gasteiger partial charge is 0.0456 e. The van der Waals surface area contributed by atoms with E-state index in [1.807, 2.05) is 0 Å². The van der Waals surface area contributed by atoms with Crippen LogP contribution < -0.4 is 0 Å². The predicted molar refractivity (Wildman–Crippen MR) is 89.0 cm³/mol. The van der Waals surface area contributed by atoms with Crippen LogP contribution in [0.2, 0.25) is 0 Å². The van der Waals surface area contributed by atoms with Gasteiger partial charge in [-0.25, -0.2) is 0 Å². The SMILES string of the molecule is C=C(CCC/C=C\CC)CCc1c[nH]c2ccccc12. The first-order chi connectivity index (χ1) is 9.81. The quantitative estimate of drug-likeness (QED) is 0.460. The molecule has 0 saturated heterocycles. The molecule has 1 aromatic heterocycles. The highest BCUT2D eigenvalue weighted by atomic mass is 14.7. The number of H-pyrrole nitrogens is 1. The summed E-state index contributed by atoms with van der Waals surface area (Å²) in [5.74, 6) is 0. The number of rotatable bonds is 8. The maximum Gasteiger partial charge on any atom is 0.0456 e. The molecule has 2 aromatic rings. The van der Waals surface area contributed by atoms with Gasteiger partial charge in [0.25, 0.3) is 0 Å². The molecule has 0 atom stereocenters. The van der Waals surface area contributed by atoms with E-state index in [-0.39, 0.29) is 0 Å². The van der Waals surface area contributed by atoms with Crippen LogP contribution in [0.15, 0.2) is 54.8 Å². The lowest BCUT2D eigenvalue weighted by Gasteiger charge is -2.04. The summed E-state index contributed by atoms with van der Waals surface area (Å²) in [5, 5.41) is 1.35. The number of allylic oxidation sites excluding steroid dienone is 3. The second-order valence-electron chi connectivity index (χ2n) is 5.38. The minimum Gasteiger partial charge on any atom is -0.361 e. The van der Waals surface area contributed by atoms with E-state index in [0.717, 1.165) is 25.7 Å². The number of aryl methyl sites for hydroxylation is 1. The third-order valence-corrected chi connectivity index (χ3v) is 3.73. The largest absolute Gasteiger partial charge is 0.361 e. The third-order valence-electron chi connectivity index (χ3n) is 3.73. The van der Waals surface area contributed by atoms with E-state index in [1.165, 1.54) is 34.9 Å². The molecule has 0 fully saturated rings. The molecular formula is C19H25N. The molecule has 0 radical (unpaired) electrons. The van der Waals surface area contributed by atoms with Crippen molar-refractivity contribution in [2.45, 2.75) is 45.4 Å². The van der Waals surface area contributed by atoms with Crippen LogP contribution in [0.4, 0.5) is 0 Å². The summed E-state index contributed by atoms with van der Waals surface area (Å²) < 4.78 is 0. The van der Waals surface area contributed by atoms with Gasteiger partial charge in [-0.15, -0.1) is 0 Å². The molecule has 0 bridgehead atoms. The molecule has 0 amide bonds. The summed E-state index contributed by atoms with van der Waals surface area (Å²) in [6, 6.07) is 8.51. The molecular weight excluding hydrogens is 242 g/mol. The predicted octanol–water partition coefficient (Wildman–Crippen LogP) is 5.79. The van der Waals surface area contributed by atoms with Crippen LogP contribution in [-0.2, 0) is 6.42 Å². The van der Waals surface area contributed by atoms with Crippen LogP contribution >= 0.6 is 0 Å². The molecule has 2 rings (SSSR count). The second kappa shape index (κ2) is 7.74. The third kappa shape index (κ3) is 4.12. The molecule has 0 aliphatic carbocycles. The molecule has 0 aliphatic heterocycles. The monoisotopic (exact) mass is 267 g/mol. The summed E-state index contributed by atoms with van der Waals surface area (Å²) >= 11 is 0. The van der Waals surface area contributed by atoms with E-state index < -0.39 is 0 Å². The minimum absolute atomic E-state index is 1.09. The van der Waals surface area contributed by atoms with Crippen molar-refractivity contribution in [2.75, 3.05) is 0 Å². The van der Waals surface area contributed by atoms with Crippen molar-refractivity contribution in [1.29, 1.82) is 0 Å². The van der Waals surface area contributed by atoms with E-state index in [0.29, 0.717) is 0 Å². The number of hydrogen-bond acceptors (Lipinski definition) is 0. The van der Waals surface area contributed by atoms with E-state index in [9.17, 15) is 0 Å². The van der Waals surface area contributed by atoms with Crippen molar-refractivity contribution >= 4 is 10.9 Å². The summed E-state index contributed by atoms with van der Waals surface area (Å²) in [5.41, 5.74) is 4.02. The molecule has 20 heavy (non-hydrogen) atoms. The van der Waals surface area contributed by atoms with Crippen molar-refractivity contribution in [3.63, 3.8) is 0 Å². The average Bonchev–Trinajstić information content (AvgIpc) is 2.88. The number of aromatic nitrogens is 1. The molecule has 0 spiro atoms. The van der Waals surface area contributed by atoms with Crippen molar-refractivity contribution in [3.8, 4) is 0 Å². The minimum atomic E-state index is 1.09. The Morgan fingerprint density at radius 2 is 2.05 bits per heavy atom. The number of unbranched alkanes of at least 4 members (excludes halogenated alkanes) is 1. The van der Waals surface area contributed by atoms with Crippen LogP contribution in [0.3, 0.4) is 0 Å². The summed E-state index contributed by atoms with van der Waals surface area (Å²) in [6.07, 6.45) is 13.6. The number of aromatic amines is 1. The molecule has 1 nitrogen and oxygen atoms in total. The lowest BCUT2D eigenvalue weighted by molar-refractivity contribution is 0.782. The van der Waals surface area contributed by atoms with E-state index in [1.54, 1.807) is 0 Å². The van der Waals surface area contributed by atoms with Crippen molar-refractivity contribution in [2.24, 2.45) is 0 Å². The molecule has 1 N–H and O–H groups in total. The van der Waals surface area contributed by atoms with Gasteiger partial charge in [0.05, 0.1) is 0 Å². The maximum absolute atomic E-state index is 4.22. The number of nitrogens with one attached hydrogen (secondary N) is 1. The first-order valence-electron chi connectivity index (χ1n) is 7.68. The Hall–Kier alpha value is -1.76. The molecule has 1 aromatic carbocycles. The highest BCUT2D eigenvalue weighted by Crippen LogP contribution is 2.21. The van der Waals surface area contributed by atoms with Gasteiger partial charge >= 0.3 is 0 Å². The van der Waals surface area contributed by atoms with Crippen LogP contribution in [0.5, 0.6) is 0 Å². The fourth-order valence-electron chi connectivity index (χ4n) is 2.53. The molecule has 0 saturated carbocycles. The highest BCUT2D eigenvalue weighted by molar-refractivity contribution is 5.83.